The summed E-state index contributed by atoms with van der Waals surface area (Å²) >= 11 is 3.55. The molecule has 0 unspecified atom stereocenters. The van der Waals surface area contributed by atoms with Gasteiger partial charge in [0.25, 0.3) is 0 Å². The number of rotatable bonds is 0. The summed E-state index contributed by atoms with van der Waals surface area (Å²) in [6.07, 6.45) is 0. The van der Waals surface area contributed by atoms with Crippen molar-refractivity contribution in [1.29, 1.82) is 0 Å². The number of anilines is 1. The van der Waals surface area contributed by atoms with Gasteiger partial charge in [-0.2, -0.15) is 0 Å². The van der Waals surface area contributed by atoms with Gasteiger partial charge in [0.15, 0.2) is 0 Å². The van der Waals surface area contributed by atoms with Crippen molar-refractivity contribution < 1.29 is 0 Å². The first-order chi connectivity index (χ1) is 9.72. The number of halogens is 1. The average Bonchev–Trinajstić information content (AvgIpc) is 2.45. The fourth-order valence-electron chi connectivity index (χ4n) is 2.96. The van der Waals surface area contributed by atoms with E-state index < -0.39 is 0 Å². The zero-order chi connectivity index (χ0) is 13.7. The molecule has 0 fully saturated rings. The Kier molecular flexibility index (Phi) is 2.70. The lowest BCUT2D eigenvalue weighted by molar-refractivity contribution is 0.455. The average molecular weight is 328 g/mol. The lowest BCUT2D eigenvalue weighted by Gasteiger charge is -2.32. The molecule has 0 saturated heterocycles. The maximum atomic E-state index is 6.10. The monoisotopic (exact) mass is 327 g/mol. The summed E-state index contributed by atoms with van der Waals surface area (Å²) in [7, 11) is 0. The van der Waals surface area contributed by atoms with Gasteiger partial charge in [0.05, 0.1) is 12.4 Å². The van der Waals surface area contributed by atoms with Crippen molar-refractivity contribution in [3.05, 3.63) is 54.1 Å². The number of benzene rings is 3. The molecule has 3 aromatic rings. The summed E-state index contributed by atoms with van der Waals surface area (Å²) < 4.78 is 2.05. The number of hydrogen-bond acceptors (Lipinski definition) is 3. The van der Waals surface area contributed by atoms with Crippen molar-refractivity contribution in [2.24, 2.45) is 5.84 Å². The number of hydrogen-bond donors (Lipinski definition) is 1. The predicted octanol–water partition coefficient (Wildman–Crippen LogP) is 3.76. The molecule has 2 N–H and O–H groups in total. The number of fused-ring (bicyclic) bond motifs is 4. The molecule has 1 aliphatic rings. The number of nitrogens with two attached hydrogens (primary N) is 1. The van der Waals surface area contributed by atoms with Gasteiger partial charge >= 0.3 is 0 Å². The maximum Gasteiger partial charge on any atom is 0.0961 e. The molecule has 20 heavy (non-hydrogen) atoms. The Hall–Kier alpha value is -1.62. The molecular formula is C16H14BrN3. The molecule has 1 heterocycles. The second kappa shape index (κ2) is 4.45. The Morgan fingerprint density at radius 3 is 2.50 bits per heavy atom. The second-order valence-electron chi connectivity index (χ2n) is 5.22. The van der Waals surface area contributed by atoms with Crippen LogP contribution < -0.4 is 10.9 Å². The molecular weight excluding hydrogens is 314 g/mol. The third-order valence-corrected chi connectivity index (χ3v) is 4.39. The molecule has 0 spiro atoms. The zero-order valence-corrected chi connectivity index (χ0v) is 12.5. The minimum absolute atomic E-state index is 0.687. The van der Waals surface area contributed by atoms with E-state index in [0.717, 1.165) is 12.2 Å². The van der Waals surface area contributed by atoms with Crippen molar-refractivity contribution in [3.63, 3.8) is 0 Å². The molecule has 0 aliphatic carbocycles. The predicted molar refractivity (Wildman–Crippen MR) is 87.5 cm³/mol. The highest BCUT2D eigenvalue weighted by Crippen LogP contribution is 2.35. The van der Waals surface area contributed by atoms with Gasteiger partial charge in [-0.05, 0) is 45.3 Å². The maximum absolute atomic E-state index is 6.10. The second-order valence-corrected chi connectivity index (χ2v) is 6.22. The lowest BCUT2D eigenvalue weighted by Crippen LogP contribution is -2.42. The first-order valence-corrected chi connectivity index (χ1v) is 7.31. The normalized spacial score (nSPS) is 15.8. The summed E-state index contributed by atoms with van der Waals surface area (Å²) in [6, 6.07) is 17.3. The van der Waals surface area contributed by atoms with E-state index in [1.165, 1.54) is 27.1 Å². The van der Waals surface area contributed by atoms with E-state index in [2.05, 4.69) is 64.7 Å². The van der Waals surface area contributed by atoms with Crippen LogP contribution in [-0.2, 0) is 6.54 Å². The van der Waals surface area contributed by atoms with Gasteiger partial charge < -0.3 is 0 Å². The van der Waals surface area contributed by atoms with E-state index in [4.69, 9.17) is 5.84 Å². The fourth-order valence-corrected chi connectivity index (χ4v) is 3.46. The standard InChI is InChI=1S/C16H14BrN3/c17-19-9-15-14-8-12-4-2-1-3-11(12)7-13(14)5-6-16(15)20(18)10-19/h1-8H,9-10,18H2. The van der Waals surface area contributed by atoms with Gasteiger partial charge in [0.1, 0.15) is 0 Å². The van der Waals surface area contributed by atoms with Crippen LogP contribution in [0.15, 0.2) is 48.5 Å². The van der Waals surface area contributed by atoms with Crippen molar-refractivity contribution in [3.8, 4) is 0 Å². The largest absolute Gasteiger partial charge is 0.296 e. The SMILES string of the molecule is NN1CN(Br)Cc2c1ccc1cc3ccccc3cc21. The van der Waals surface area contributed by atoms with Gasteiger partial charge in [-0.1, -0.05) is 30.3 Å². The third-order valence-electron chi connectivity index (χ3n) is 3.92. The van der Waals surface area contributed by atoms with Crippen molar-refractivity contribution >= 4 is 43.4 Å². The van der Waals surface area contributed by atoms with Gasteiger partial charge in [-0.15, -0.1) is 0 Å². The van der Waals surface area contributed by atoms with Crippen LogP contribution in [0.4, 0.5) is 5.69 Å². The lowest BCUT2D eigenvalue weighted by atomic mass is 9.97. The first-order valence-electron chi connectivity index (χ1n) is 6.60. The molecule has 0 bridgehead atoms. The minimum Gasteiger partial charge on any atom is -0.296 e. The van der Waals surface area contributed by atoms with Crippen LogP contribution >= 0.6 is 16.1 Å². The first kappa shape index (κ1) is 12.1. The Labute approximate surface area is 125 Å². The van der Waals surface area contributed by atoms with E-state index >= 15 is 0 Å². The van der Waals surface area contributed by atoms with Crippen LogP contribution in [0.5, 0.6) is 0 Å². The molecule has 1 aliphatic heterocycles. The molecule has 4 heteroatoms. The topological polar surface area (TPSA) is 32.5 Å². The molecule has 0 aromatic heterocycles. The molecule has 0 atom stereocenters. The van der Waals surface area contributed by atoms with Crippen LogP contribution in [0.3, 0.4) is 0 Å². The minimum atomic E-state index is 0.687. The Morgan fingerprint density at radius 1 is 0.950 bits per heavy atom. The van der Waals surface area contributed by atoms with Crippen LogP contribution in [-0.4, -0.2) is 10.6 Å². The molecule has 3 aromatic carbocycles. The van der Waals surface area contributed by atoms with E-state index in [0.29, 0.717) is 6.67 Å². The summed E-state index contributed by atoms with van der Waals surface area (Å²) in [4.78, 5) is 0. The van der Waals surface area contributed by atoms with Gasteiger partial charge in [-0.25, -0.2) is 9.77 Å². The number of hydrazine groups is 1. The van der Waals surface area contributed by atoms with Crippen molar-refractivity contribution in [2.75, 3.05) is 11.7 Å². The van der Waals surface area contributed by atoms with Crippen molar-refractivity contribution in [2.45, 2.75) is 6.54 Å². The van der Waals surface area contributed by atoms with Crippen LogP contribution in [0, 0.1) is 0 Å². The Bertz CT molecular complexity index is 815. The third kappa shape index (κ3) is 1.80. The quantitative estimate of drug-likeness (QED) is 0.387. The Morgan fingerprint density at radius 2 is 1.70 bits per heavy atom. The van der Waals surface area contributed by atoms with Gasteiger partial charge in [0, 0.05) is 22.7 Å². The van der Waals surface area contributed by atoms with Crippen molar-refractivity contribution in [1.82, 2.24) is 3.93 Å². The zero-order valence-electron chi connectivity index (χ0n) is 10.9. The van der Waals surface area contributed by atoms with E-state index in [9.17, 15) is 0 Å². The molecule has 100 valence electrons. The van der Waals surface area contributed by atoms with E-state index in [1.807, 2.05) is 3.93 Å². The van der Waals surface area contributed by atoms with Gasteiger partial charge in [-0.3, -0.25) is 5.01 Å². The highest BCUT2D eigenvalue weighted by Gasteiger charge is 2.21. The smallest absolute Gasteiger partial charge is 0.0961 e. The highest BCUT2D eigenvalue weighted by molar-refractivity contribution is 9.07. The van der Waals surface area contributed by atoms with Crippen LogP contribution in [0.2, 0.25) is 0 Å². The van der Waals surface area contributed by atoms with Crippen LogP contribution in [0.1, 0.15) is 5.56 Å². The van der Waals surface area contributed by atoms with E-state index in [-0.39, 0.29) is 0 Å². The molecule has 0 radical (unpaired) electrons. The highest BCUT2D eigenvalue weighted by atomic mass is 79.9. The Balaban J connectivity index is 2.07. The van der Waals surface area contributed by atoms with Crippen LogP contribution in [0.25, 0.3) is 21.5 Å². The molecule has 3 nitrogen and oxygen atoms in total. The molecule has 0 amide bonds. The summed E-state index contributed by atoms with van der Waals surface area (Å²) in [5, 5.41) is 6.86. The van der Waals surface area contributed by atoms with E-state index in [1.54, 1.807) is 5.01 Å². The summed E-state index contributed by atoms with van der Waals surface area (Å²) in [5.74, 6) is 6.10. The fraction of sp³-hybridized carbons (Fsp3) is 0.125. The van der Waals surface area contributed by atoms with Gasteiger partial charge in [0.2, 0.25) is 0 Å². The summed E-state index contributed by atoms with van der Waals surface area (Å²) in [6.45, 7) is 1.55. The molecule has 4 rings (SSSR count). The number of nitrogens with zero attached hydrogens (tertiary/aromatic N) is 2. The summed E-state index contributed by atoms with van der Waals surface area (Å²) in [5.41, 5.74) is 2.39. The molecule has 0 saturated carbocycles.